The van der Waals surface area contributed by atoms with Crippen LogP contribution in [0.3, 0.4) is 0 Å². The van der Waals surface area contributed by atoms with Gasteiger partial charge in [0.2, 0.25) is 5.91 Å². The Labute approximate surface area is 105 Å². The first-order chi connectivity index (χ1) is 8.45. The van der Waals surface area contributed by atoms with Crippen LogP contribution in [0.15, 0.2) is 18.2 Å². The van der Waals surface area contributed by atoms with Crippen LogP contribution in [0.1, 0.15) is 34.5 Å². The molecule has 1 aromatic carbocycles. The minimum absolute atomic E-state index is 0.0404. The third kappa shape index (κ3) is 3.65. The van der Waals surface area contributed by atoms with Crippen molar-refractivity contribution < 1.29 is 19.8 Å². The van der Waals surface area contributed by atoms with Crippen LogP contribution in [0.5, 0.6) is 0 Å². The van der Waals surface area contributed by atoms with Gasteiger partial charge < -0.3 is 15.5 Å². The van der Waals surface area contributed by atoms with Crippen molar-refractivity contribution in [3.8, 4) is 0 Å². The molecule has 1 aromatic rings. The van der Waals surface area contributed by atoms with E-state index in [9.17, 15) is 19.8 Å². The standard InChI is InChI=1S/C13H17NO4/c1-8-3-4-10(7-15)5-11(8)13(18)12(17)6-14-9(2)16/h3-5,7,12-13,17-18H,6H2,1-2H3,(H,14,16). The zero-order valence-electron chi connectivity index (χ0n) is 10.4. The molecule has 5 nitrogen and oxygen atoms in total. The summed E-state index contributed by atoms with van der Waals surface area (Å²) in [5.41, 5.74) is 1.69. The number of amides is 1. The predicted molar refractivity (Wildman–Crippen MR) is 66.2 cm³/mol. The summed E-state index contributed by atoms with van der Waals surface area (Å²) in [7, 11) is 0. The summed E-state index contributed by atoms with van der Waals surface area (Å²) >= 11 is 0. The van der Waals surface area contributed by atoms with E-state index in [2.05, 4.69) is 5.32 Å². The van der Waals surface area contributed by atoms with Gasteiger partial charge in [-0.3, -0.25) is 9.59 Å². The zero-order chi connectivity index (χ0) is 13.7. The highest BCUT2D eigenvalue weighted by Gasteiger charge is 2.20. The molecule has 0 aromatic heterocycles. The monoisotopic (exact) mass is 251 g/mol. The summed E-state index contributed by atoms with van der Waals surface area (Å²) in [6.07, 6.45) is -1.58. The highest BCUT2D eigenvalue weighted by Crippen LogP contribution is 2.21. The van der Waals surface area contributed by atoms with Gasteiger partial charge in [0.25, 0.3) is 0 Å². The topological polar surface area (TPSA) is 86.6 Å². The molecular formula is C13H17NO4. The summed E-state index contributed by atoms with van der Waals surface area (Å²) < 4.78 is 0. The first-order valence-electron chi connectivity index (χ1n) is 5.62. The van der Waals surface area contributed by atoms with E-state index in [-0.39, 0.29) is 12.5 Å². The maximum Gasteiger partial charge on any atom is 0.216 e. The van der Waals surface area contributed by atoms with Crippen molar-refractivity contribution >= 4 is 12.2 Å². The van der Waals surface area contributed by atoms with E-state index in [1.807, 2.05) is 0 Å². The van der Waals surface area contributed by atoms with E-state index in [0.29, 0.717) is 17.4 Å². The number of aryl methyl sites for hydroxylation is 1. The molecule has 0 radical (unpaired) electrons. The van der Waals surface area contributed by atoms with Gasteiger partial charge in [-0.05, 0) is 24.1 Å². The minimum Gasteiger partial charge on any atom is -0.388 e. The molecule has 0 saturated heterocycles. The summed E-state index contributed by atoms with van der Waals surface area (Å²) in [4.78, 5) is 21.4. The van der Waals surface area contributed by atoms with Gasteiger partial charge in [0.05, 0.1) is 0 Å². The lowest BCUT2D eigenvalue weighted by atomic mass is 9.97. The van der Waals surface area contributed by atoms with E-state index in [4.69, 9.17) is 0 Å². The fraction of sp³-hybridized carbons (Fsp3) is 0.385. The van der Waals surface area contributed by atoms with E-state index in [1.54, 1.807) is 19.1 Å². The molecule has 0 bridgehead atoms. The van der Waals surface area contributed by atoms with Gasteiger partial charge in [0, 0.05) is 19.0 Å². The average molecular weight is 251 g/mol. The first kappa shape index (κ1) is 14.3. The number of aliphatic hydroxyl groups excluding tert-OH is 2. The third-order valence-electron chi connectivity index (χ3n) is 2.68. The fourth-order valence-electron chi connectivity index (χ4n) is 1.62. The molecular weight excluding hydrogens is 234 g/mol. The zero-order valence-corrected chi connectivity index (χ0v) is 10.4. The van der Waals surface area contributed by atoms with Gasteiger partial charge in [-0.2, -0.15) is 0 Å². The van der Waals surface area contributed by atoms with Crippen LogP contribution in [-0.4, -0.2) is 35.1 Å². The summed E-state index contributed by atoms with van der Waals surface area (Å²) in [5, 5.41) is 22.2. The quantitative estimate of drug-likeness (QED) is 0.658. The molecule has 0 fully saturated rings. The molecule has 0 aliphatic heterocycles. The molecule has 0 aliphatic carbocycles. The number of carbonyl (C=O) groups is 2. The van der Waals surface area contributed by atoms with Crippen LogP contribution in [0, 0.1) is 6.92 Å². The van der Waals surface area contributed by atoms with Crippen molar-refractivity contribution in [2.75, 3.05) is 6.54 Å². The van der Waals surface area contributed by atoms with Crippen molar-refractivity contribution in [3.63, 3.8) is 0 Å². The number of aliphatic hydroxyl groups is 2. The molecule has 1 rings (SSSR count). The Morgan fingerprint density at radius 2 is 2.11 bits per heavy atom. The van der Waals surface area contributed by atoms with Crippen molar-refractivity contribution in [1.29, 1.82) is 0 Å². The Morgan fingerprint density at radius 3 is 2.67 bits per heavy atom. The largest absolute Gasteiger partial charge is 0.388 e. The van der Waals surface area contributed by atoms with Gasteiger partial charge in [0.1, 0.15) is 18.5 Å². The summed E-state index contributed by atoms with van der Waals surface area (Å²) in [6, 6.07) is 4.87. The Hall–Kier alpha value is -1.72. The van der Waals surface area contributed by atoms with Gasteiger partial charge in [-0.15, -0.1) is 0 Å². The molecule has 0 saturated carbocycles. The van der Waals surface area contributed by atoms with E-state index < -0.39 is 12.2 Å². The average Bonchev–Trinajstić information content (AvgIpc) is 2.35. The molecule has 3 N–H and O–H groups in total. The Balaban J connectivity index is 2.84. The fourth-order valence-corrected chi connectivity index (χ4v) is 1.62. The van der Waals surface area contributed by atoms with Gasteiger partial charge >= 0.3 is 0 Å². The van der Waals surface area contributed by atoms with Crippen molar-refractivity contribution in [2.24, 2.45) is 0 Å². The second-order valence-corrected chi connectivity index (χ2v) is 4.18. The van der Waals surface area contributed by atoms with Crippen LogP contribution in [0.2, 0.25) is 0 Å². The SMILES string of the molecule is CC(=O)NCC(O)C(O)c1cc(C=O)ccc1C. The summed E-state index contributed by atoms with van der Waals surface area (Å²) in [5.74, 6) is -0.278. The molecule has 0 heterocycles. The lowest BCUT2D eigenvalue weighted by Gasteiger charge is -2.20. The molecule has 2 atom stereocenters. The smallest absolute Gasteiger partial charge is 0.216 e. The normalized spacial score (nSPS) is 13.8. The Morgan fingerprint density at radius 1 is 1.44 bits per heavy atom. The predicted octanol–water partition coefficient (Wildman–Crippen LogP) is 0.338. The van der Waals surface area contributed by atoms with Gasteiger partial charge in [-0.1, -0.05) is 12.1 Å². The molecule has 0 aliphatic rings. The lowest BCUT2D eigenvalue weighted by Crippen LogP contribution is -2.34. The minimum atomic E-state index is -1.14. The van der Waals surface area contributed by atoms with Gasteiger partial charge in [-0.25, -0.2) is 0 Å². The molecule has 98 valence electrons. The number of aldehydes is 1. The Kier molecular flexibility index (Phi) is 5.00. The van der Waals surface area contributed by atoms with Crippen LogP contribution in [0.4, 0.5) is 0 Å². The van der Waals surface area contributed by atoms with Crippen molar-refractivity contribution in [3.05, 3.63) is 34.9 Å². The van der Waals surface area contributed by atoms with Crippen molar-refractivity contribution in [2.45, 2.75) is 26.1 Å². The molecule has 2 unspecified atom stereocenters. The van der Waals surface area contributed by atoms with E-state index in [0.717, 1.165) is 5.56 Å². The highest BCUT2D eigenvalue weighted by atomic mass is 16.3. The van der Waals surface area contributed by atoms with Gasteiger partial charge in [0.15, 0.2) is 0 Å². The second-order valence-electron chi connectivity index (χ2n) is 4.18. The molecule has 1 amide bonds. The molecule has 18 heavy (non-hydrogen) atoms. The second kappa shape index (κ2) is 6.28. The number of rotatable bonds is 5. The number of hydrogen-bond acceptors (Lipinski definition) is 4. The molecule has 5 heteroatoms. The van der Waals surface area contributed by atoms with E-state index in [1.165, 1.54) is 13.0 Å². The highest BCUT2D eigenvalue weighted by molar-refractivity contribution is 5.75. The number of benzene rings is 1. The number of nitrogens with one attached hydrogen (secondary N) is 1. The third-order valence-corrected chi connectivity index (χ3v) is 2.68. The van der Waals surface area contributed by atoms with Crippen molar-refractivity contribution in [1.82, 2.24) is 5.32 Å². The van der Waals surface area contributed by atoms with E-state index >= 15 is 0 Å². The van der Waals surface area contributed by atoms with Crippen LogP contribution < -0.4 is 5.32 Å². The Bertz CT molecular complexity index is 445. The first-order valence-corrected chi connectivity index (χ1v) is 5.62. The maximum atomic E-state index is 10.7. The van der Waals surface area contributed by atoms with Crippen LogP contribution in [0.25, 0.3) is 0 Å². The summed E-state index contributed by atoms with van der Waals surface area (Å²) in [6.45, 7) is 3.07. The van der Waals surface area contributed by atoms with Crippen LogP contribution in [-0.2, 0) is 4.79 Å². The number of hydrogen-bond donors (Lipinski definition) is 3. The maximum absolute atomic E-state index is 10.7. The number of carbonyl (C=O) groups excluding carboxylic acids is 2. The van der Waals surface area contributed by atoms with Crippen LogP contribution >= 0.6 is 0 Å². The lowest BCUT2D eigenvalue weighted by molar-refractivity contribution is -0.119. The molecule has 0 spiro atoms.